The van der Waals surface area contributed by atoms with E-state index in [9.17, 15) is 4.79 Å². The maximum Gasteiger partial charge on any atom is 0.339 e. The van der Waals surface area contributed by atoms with Crippen LogP contribution in [0.3, 0.4) is 0 Å². The second-order valence-electron chi connectivity index (χ2n) is 1.70. The fourth-order valence-corrected chi connectivity index (χ4v) is 0.496. The van der Waals surface area contributed by atoms with Crippen molar-refractivity contribution in [3.63, 3.8) is 0 Å². The number of esters is 1. The molecule has 0 N–H and O–H groups in total. The second-order valence-corrected chi connectivity index (χ2v) is 1.70. The van der Waals surface area contributed by atoms with Crippen molar-refractivity contribution >= 4 is 5.97 Å². The lowest BCUT2D eigenvalue weighted by Gasteiger charge is -2.07. The summed E-state index contributed by atoms with van der Waals surface area (Å²) in [5, 5.41) is 0. The molecule has 3 heteroatoms. The van der Waals surface area contributed by atoms with Gasteiger partial charge < -0.3 is 9.47 Å². The quantitative estimate of drug-likeness (QED) is 0.437. The van der Waals surface area contributed by atoms with Gasteiger partial charge in [0.05, 0.1) is 6.26 Å². The lowest BCUT2D eigenvalue weighted by atomic mass is 10.4. The monoisotopic (exact) mass is 144 g/mol. The summed E-state index contributed by atoms with van der Waals surface area (Å²) in [5.41, 5.74) is 0. The third-order valence-corrected chi connectivity index (χ3v) is 0.948. The van der Waals surface area contributed by atoms with E-state index in [2.05, 4.69) is 11.3 Å². The highest BCUT2D eigenvalue weighted by Crippen LogP contribution is 1.93. The molecule has 0 fully saturated rings. The molecule has 0 heterocycles. The van der Waals surface area contributed by atoms with E-state index in [1.807, 2.05) is 6.92 Å². The molecule has 0 rings (SSSR count). The molecule has 1 atom stereocenters. The average molecular weight is 144 g/mol. The van der Waals surface area contributed by atoms with Crippen LogP contribution in [0.25, 0.3) is 0 Å². The van der Waals surface area contributed by atoms with Gasteiger partial charge in [0.1, 0.15) is 0 Å². The fraction of sp³-hybridized carbons (Fsp3) is 0.571. The molecule has 0 spiro atoms. The maximum atomic E-state index is 10.7. The van der Waals surface area contributed by atoms with Gasteiger partial charge in [-0.05, 0) is 13.8 Å². The first kappa shape index (κ1) is 9.17. The first-order valence-electron chi connectivity index (χ1n) is 3.15. The summed E-state index contributed by atoms with van der Waals surface area (Å²) in [5.74, 6) is -0.406. The molecule has 0 aromatic rings. The molecule has 0 aromatic carbocycles. The molecule has 0 bridgehead atoms. The molecule has 1 unspecified atom stereocenters. The topological polar surface area (TPSA) is 35.5 Å². The Hall–Kier alpha value is -0.830. The molecule has 0 aliphatic rings. The summed E-state index contributed by atoms with van der Waals surface area (Å²) in [6.07, 6.45) is 0.598. The fourth-order valence-electron chi connectivity index (χ4n) is 0.496. The molecule has 0 radical (unpaired) electrons. The van der Waals surface area contributed by atoms with Gasteiger partial charge in [-0.2, -0.15) is 0 Å². The number of ether oxygens (including phenoxy) is 2. The zero-order valence-corrected chi connectivity index (χ0v) is 6.29. The molecular formula is C7H12O3. The molecule has 0 aromatic heterocycles. The number of hydrogen-bond donors (Lipinski definition) is 0. The molecule has 58 valence electrons. The van der Waals surface area contributed by atoms with Crippen molar-refractivity contribution in [2.75, 3.05) is 6.61 Å². The molecule has 0 saturated carbocycles. The minimum atomic E-state index is -0.497. The Morgan fingerprint density at radius 3 is 2.80 bits per heavy atom. The number of hydrogen-bond acceptors (Lipinski definition) is 3. The lowest BCUT2D eigenvalue weighted by molar-refractivity contribution is -0.149. The van der Waals surface area contributed by atoms with Crippen molar-refractivity contribution in [1.29, 1.82) is 0 Å². The highest BCUT2D eigenvalue weighted by molar-refractivity contribution is 5.74. The van der Waals surface area contributed by atoms with E-state index in [-0.39, 0.29) is 0 Å². The molecule has 0 amide bonds. The normalized spacial score (nSPS) is 12.2. The zero-order chi connectivity index (χ0) is 7.98. The van der Waals surface area contributed by atoms with E-state index in [4.69, 9.17) is 4.74 Å². The van der Waals surface area contributed by atoms with Gasteiger partial charge in [0, 0.05) is 6.61 Å². The molecule has 10 heavy (non-hydrogen) atoms. The van der Waals surface area contributed by atoms with Gasteiger partial charge in [0.2, 0.25) is 0 Å². The van der Waals surface area contributed by atoms with Crippen molar-refractivity contribution in [3.8, 4) is 0 Å². The maximum absolute atomic E-state index is 10.7. The van der Waals surface area contributed by atoms with Crippen LogP contribution in [0.15, 0.2) is 12.8 Å². The summed E-state index contributed by atoms with van der Waals surface area (Å²) in [6, 6.07) is 0. The van der Waals surface area contributed by atoms with E-state index < -0.39 is 12.1 Å². The standard InChI is InChI=1S/C7H12O3/c1-4-9-6(3)7(8)10-5-2/h5-6H,2,4H2,1,3H3. The van der Waals surface area contributed by atoms with Gasteiger partial charge in [-0.25, -0.2) is 4.79 Å². The van der Waals surface area contributed by atoms with Crippen LogP contribution in [-0.2, 0) is 14.3 Å². The number of carbonyl (C=O) groups excluding carboxylic acids is 1. The van der Waals surface area contributed by atoms with Gasteiger partial charge in [-0.3, -0.25) is 0 Å². The van der Waals surface area contributed by atoms with Gasteiger partial charge >= 0.3 is 5.97 Å². The van der Waals surface area contributed by atoms with E-state index in [0.717, 1.165) is 6.26 Å². The first-order valence-corrected chi connectivity index (χ1v) is 3.15. The van der Waals surface area contributed by atoms with Crippen molar-refractivity contribution in [3.05, 3.63) is 12.8 Å². The summed E-state index contributed by atoms with van der Waals surface area (Å²) < 4.78 is 9.39. The van der Waals surface area contributed by atoms with E-state index in [0.29, 0.717) is 6.61 Å². The third kappa shape index (κ3) is 3.25. The Labute approximate surface area is 60.6 Å². The van der Waals surface area contributed by atoms with Gasteiger partial charge in [-0.1, -0.05) is 6.58 Å². The predicted molar refractivity (Wildman–Crippen MR) is 37.4 cm³/mol. The minimum absolute atomic E-state index is 0.406. The van der Waals surface area contributed by atoms with Crippen LogP contribution in [-0.4, -0.2) is 18.7 Å². The Morgan fingerprint density at radius 1 is 1.80 bits per heavy atom. The SMILES string of the molecule is C=COC(=O)C(C)OCC. The van der Waals surface area contributed by atoms with Gasteiger partial charge in [0.15, 0.2) is 6.10 Å². The highest BCUT2D eigenvalue weighted by atomic mass is 16.6. The molecule has 0 aliphatic heterocycles. The van der Waals surface area contributed by atoms with Crippen LogP contribution in [0, 0.1) is 0 Å². The van der Waals surface area contributed by atoms with Gasteiger partial charge in [0.25, 0.3) is 0 Å². The Balaban J connectivity index is 3.58. The van der Waals surface area contributed by atoms with Crippen LogP contribution in [0.4, 0.5) is 0 Å². The molecule has 0 aliphatic carbocycles. The van der Waals surface area contributed by atoms with Crippen molar-refractivity contribution in [2.24, 2.45) is 0 Å². The molecular weight excluding hydrogens is 132 g/mol. The van der Waals surface area contributed by atoms with Crippen LogP contribution < -0.4 is 0 Å². The van der Waals surface area contributed by atoms with Crippen molar-refractivity contribution in [1.82, 2.24) is 0 Å². The summed E-state index contributed by atoms with van der Waals surface area (Å²) in [6.45, 7) is 7.20. The van der Waals surface area contributed by atoms with E-state index in [1.165, 1.54) is 0 Å². The number of carbonyl (C=O) groups is 1. The van der Waals surface area contributed by atoms with E-state index in [1.54, 1.807) is 6.92 Å². The van der Waals surface area contributed by atoms with Gasteiger partial charge in [-0.15, -0.1) is 0 Å². The second kappa shape index (κ2) is 4.99. The lowest BCUT2D eigenvalue weighted by Crippen LogP contribution is -2.21. The predicted octanol–water partition coefficient (Wildman–Crippen LogP) is 1.10. The zero-order valence-electron chi connectivity index (χ0n) is 6.29. The molecule has 3 nitrogen and oxygen atoms in total. The van der Waals surface area contributed by atoms with Crippen molar-refractivity contribution < 1.29 is 14.3 Å². The van der Waals surface area contributed by atoms with Crippen LogP contribution in [0.5, 0.6) is 0 Å². The highest BCUT2D eigenvalue weighted by Gasteiger charge is 2.11. The minimum Gasteiger partial charge on any atom is -0.433 e. The Morgan fingerprint density at radius 2 is 2.40 bits per heavy atom. The summed E-state index contributed by atoms with van der Waals surface area (Å²) in [7, 11) is 0. The van der Waals surface area contributed by atoms with Crippen LogP contribution in [0.2, 0.25) is 0 Å². The Kier molecular flexibility index (Phi) is 4.58. The summed E-state index contributed by atoms with van der Waals surface area (Å²) in [4.78, 5) is 10.7. The largest absolute Gasteiger partial charge is 0.433 e. The van der Waals surface area contributed by atoms with Crippen molar-refractivity contribution in [2.45, 2.75) is 20.0 Å². The summed E-state index contributed by atoms with van der Waals surface area (Å²) >= 11 is 0. The van der Waals surface area contributed by atoms with Crippen LogP contribution in [0.1, 0.15) is 13.8 Å². The third-order valence-electron chi connectivity index (χ3n) is 0.948. The number of rotatable bonds is 4. The van der Waals surface area contributed by atoms with Crippen LogP contribution >= 0.6 is 0 Å². The Bertz CT molecular complexity index is 120. The smallest absolute Gasteiger partial charge is 0.339 e. The molecule has 0 saturated heterocycles. The first-order chi connectivity index (χ1) is 4.72. The van der Waals surface area contributed by atoms with E-state index >= 15 is 0 Å². The average Bonchev–Trinajstić information content (AvgIpc) is 1.89.